The van der Waals surface area contributed by atoms with Crippen LogP contribution in [0.4, 0.5) is 0 Å². The SMILES string of the molecule is O=C(C1CCN(Cc2nc(-c3ccc(Cl)cc3)no2)CC1)N1CCCCC1. The van der Waals surface area contributed by atoms with E-state index in [2.05, 4.69) is 19.9 Å². The highest BCUT2D eigenvalue weighted by atomic mass is 35.5. The number of carbonyl (C=O) groups excluding carboxylic acids is 1. The molecule has 0 bridgehead atoms. The Kier molecular flexibility index (Phi) is 5.74. The number of nitrogens with zero attached hydrogens (tertiary/aromatic N) is 4. The van der Waals surface area contributed by atoms with Gasteiger partial charge < -0.3 is 9.42 Å². The van der Waals surface area contributed by atoms with Gasteiger partial charge in [-0.3, -0.25) is 9.69 Å². The van der Waals surface area contributed by atoms with Crippen molar-refractivity contribution >= 4 is 17.5 Å². The van der Waals surface area contributed by atoms with Crippen LogP contribution in [0.15, 0.2) is 28.8 Å². The number of amides is 1. The molecule has 1 aromatic carbocycles. The van der Waals surface area contributed by atoms with E-state index in [9.17, 15) is 4.79 Å². The van der Waals surface area contributed by atoms with Gasteiger partial charge in [-0.2, -0.15) is 4.98 Å². The zero-order chi connectivity index (χ0) is 18.6. The molecule has 0 aliphatic carbocycles. The van der Waals surface area contributed by atoms with Crippen molar-refractivity contribution in [3.05, 3.63) is 35.2 Å². The zero-order valence-corrected chi connectivity index (χ0v) is 16.2. The Hall–Kier alpha value is -1.92. The van der Waals surface area contributed by atoms with Crippen LogP contribution in [0.1, 0.15) is 38.0 Å². The Morgan fingerprint density at radius 1 is 1.07 bits per heavy atom. The van der Waals surface area contributed by atoms with Crippen molar-refractivity contribution in [2.24, 2.45) is 5.92 Å². The van der Waals surface area contributed by atoms with Gasteiger partial charge in [-0.15, -0.1) is 0 Å². The van der Waals surface area contributed by atoms with Gasteiger partial charge in [0.2, 0.25) is 17.6 Å². The van der Waals surface area contributed by atoms with Gasteiger partial charge in [0.05, 0.1) is 6.54 Å². The summed E-state index contributed by atoms with van der Waals surface area (Å²) in [6.45, 7) is 4.29. The summed E-state index contributed by atoms with van der Waals surface area (Å²) in [6, 6.07) is 7.40. The number of aromatic nitrogens is 2. The first kappa shape index (κ1) is 18.4. The van der Waals surface area contributed by atoms with Gasteiger partial charge in [-0.05, 0) is 69.5 Å². The number of halogens is 1. The van der Waals surface area contributed by atoms with Crippen LogP contribution >= 0.6 is 11.6 Å². The highest BCUT2D eigenvalue weighted by Crippen LogP contribution is 2.24. The summed E-state index contributed by atoms with van der Waals surface area (Å²) in [5.74, 6) is 1.72. The summed E-state index contributed by atoms with van der Waals surface area (Å²) in [7, 11) is 0. The van der Waals surface area contributed by atoms with Crippen molar-refractivity contribution in [3.8, 4) is 11.4 Å². The molecule has 0 N–H and O–H groups in total. The van der Waals surface area contributed by atoms with Crippen molar-refractivity contribution in [1.29, 1.82) is 0 Å². The van der Waals surface area contributed by atoms with Crippen LogP contribution in [0.25, 0.3) is 11.4 Å². The minimum absolute atomic E-state index is 0.173. The number of benzene rings is 1. The van der Waals surface area contributed by atoms with Crippen LogP contribution in [0, 0.1) is 5.92 Å². The minimum atomic E-state index is 0.173. The van der Waals surface area contributed by atoms with Crippen LogP contribution in [0.3, 0.4) is 0 Å². The molecule has 1 aromatic heterocycles. The number of hydrogen-bond acceptors (Lipinski definition) is 5. The lowest BCUT2D eigenvalue weighted by atomic mass is 9.94. The maximum atomic E-state index is 12.7. The molecule has 144 valence electrons. The lowest BCUT2D eigenvalue weighted by Crippen LogP contribution is -2.44. The van der Waals surface area contributed by atoms with E-state index in [1.54, 1.807) is 0 Å². The Bertz CT molecular complexity index is 763. The summed E-state index contributed by atoms with van der Waals surface area (Å²) in [6.07, 6.45) is 5.38. The Morgan fingerprint density at radius 3 is 2.48 bits per heavy atom. The molecule has 0 radical (unpaired) electrons. The Balaban J connectivity index is 1.29. The molecule has 2 aliphatic heterocycles. The van der Waals surface area contributed by atoms with Crippen molar-refractivity contribution in [2.45, 2.75) is 38.6 Å². The number of hydrogen-bond donors (Lipinski definition) is 0. The van der Waals surface area contributed by atoms with Gasteiger partial charge in [0.1, 0.15) is 0 Å². The van der Waals surface area contributed by atoms with Gasteiger partial charge >= 0.3 is 0 Å². The summed E-state index contributed by atoms with van der Waals surface area (Å²) in [5.41, 5.74) is 0.889. The Morgan fingerprint density at radius 2 is 1.78 bits per heavy atom. The third-order valence-corrected chi connectivity index (χ3v) is 5.79. The molecule has 0 spiro atoms. The zero-order valence-electron chi connectivity index (χ0n) is 15.4. The first-order valence-corrected chi connectivity index (χ1v) is 10.2. The predicted molar refractivity (Wildman–Crippen MR) is 103 cm³/mol. The average Bonchev–Trinajstić information content (AvgIpc) is 3.18. The molecule has 4 rings (SSSR count). The highest BCUT2D eigenvalue weighted by molar-refractivity contribution is 6.30. The summed E-state index contributed by atoms with van der Waals surface area (Å²) in [5, 5.41) is 4.75. The van der Waals surface area contributed by atoms with Crippen LogP contribution in [-0.4, -0.2) is 52.0 Å². The van der Waals surface area contributed by atoms with E-state index < -0.39 is 0 Å². The van der Waals surface area contributed by atoms with Crippen LogP contribution in [0.2, 0.25) is 5.02 Å². The van der Waals surface area contributed by atoms with Gasteiger partial charge in [0.25, 0.3) is 0 Å². The average molecular weight is 389 g/mol. The fraction of sp³-hybridized carbons (Fsp3) is 0.550. The smallest absolute Gasteiger partial charge is 0.241 e. The van der Waals surface area contributed by atoms with E-state index in [1.807, 2.05) is 24.3 Å². The van der Waals surface area contributed by atoms with Crippen LogP contribution in [-0.2, 0) is 11.3 Å². The summed E-state index contributed by atoms with van der Waals surface area (Å²) < 4.78 is 5.41. The van der Waals surface area contributed by atoms with E-state index >= 15 is 0 Å². The fourth-order valence-corrected chi connectivity index (χ4v) is 4.06. The normalized spacial score (nSPS) is 19.4. The highest BCUT2D eigenvalue weighted by Gasteiger charge is 2.29. The first-order chi connectivity index (χ1) is 13.2. The monoisotopic (exact) mass is 388 g/mol. The standard InChI is InChI=1S/C20H25ClN4O2/c21-17-6-4-15(5-7-17)19-22-18(27-23-19)14-24-12-8-16(9-13-24)20(26)25-10-2-1-3-11-25/h4-7,16H,1-3,8-14H2. The third kappa shape index (κ3) is 4.50. The molecule has 2 aliphatic rings. The van der Waals surface area contributed by atoms with Crippen molar-refractivity contribution in [3.63, 3.8) is 0 Å². The topological polar surface area (TPSA) is 62.5 Å². The second-order valence-corrected chi connectivity index (χ2v) is 7.89. The number of carbonyl (C=O) groups is 1. The number of likely N-dealkylation sites (tertiary alicyclic amines) is 2. The van der Waals surface area contributed by atoms with Gasteiger partial charge in [0.15, 0.2) is 0 Å². The van der Waals surface area contributed by atoms with Crippen LogP contribution < -0.4 is 0 Å². The molecule has 0 saturated carbocycles. The fourth-order valence-electron chi connectivity index (χ4n) is 3.94. The van der Waals surface area contributed by atoms with Gasteiger partial charge in [0, 0.05) is 29.6 Å². The lowest BCUT2D eigenvalue weighted by Gasteiger charge is -2.35. The quantitative estimate of drug-likeness (QED) is 0.800. The molecule has 27 heavy (non-hydrogen) atoms. The molecule has 1 amide bonds. The van der Waals surface area contributed by atoms with Crippen molar-refractivity contribution in [1.82, 2.24) is 19.9 Å². The summed E-state index contributed by atoms with van der Waals surface area (Å²) in [4.78, 5) is 21.5. The van der Waals surface area contributed by atoms with E-state index in [0.717, 1.165) is 57.4 Å². The minimum Gasteiger partial charge on any atom is -0.342 e. The van der Waals surface area contributed by atoms with E-state index in [1.165, 1.54) is 6.42 Å². The molecular weight excluding hydrogens is 364 g/mol. The van der Waals surface area contributed by atoms with Crippen molar-refractivity contribution < 1.29 is 9.32 Å². The van der Waals surface area contributed by atoms with E-state index in [-0.39, 0.29) is 5.92 Å². The van der Waals surface area contributed by atoms with Crippen molar-refractivity contribution in [2.75, 3.05) is 26.2 Å². The molecule has 2 fully saturated rings. The maximum absolute atomic E-state index is 12.7. The number of piperidine rings is 2. The predicted octanol–water partition coefficient (Wildman–Crippen LogP) is 3.61. The lowest BCUT2D eigenvalue weighted by molar-refractivity contribution is -0.138. The summed E-state index contributed by atoms with van der Waals surface area (Å²) >= 11 is 5.92. The molecular formula is C20H25ClN4O2. The Labute approximate surface area is 164 Å². The second-order valence-electron chi connectivity index (χ2n) is 7.45. The van der Waals surface area contributed by atoms with E-state index in [4.69, 9.17) is 16.1 Å². The first-order valence-electron chi connectivity index (χ1n) is 9.79. The number of rotatable bonds is 4. The van der Waals surface area contributed by atoms with Crippen LogP contribution in [0.5, 0.6) is 0 Å². The molecule has 0 atom stereocenters. The largest absolute Gasteiger partial charge is 0.342 e. The molecule has 6 nitrogen and oxygen atoms in total. The van der Waals surface area contributed by atoms with E-state index in [0.29, 0.717) is 29.2 Å². The maximum Gasteiger partial charge on any atom is 0.241 e. The molecule has 0 unspecified atom stereocenters. The van der Waals surface area contributed by atoms with Gasteiger partial charge in [-0.1, -0.05) is 16.8 Å². The molecule has 7 heteroatoms. The molecule has 2 aromatic rings. The molecule has 2 saturated heterocycles. The third-order valence-electron chi connectivity index (χ3n) is 5.53. The molecule has 3 heterocycles. The van der Waals surface area contributed by atoms with Gasteiger partial charge in [-0.25, -0.2) is 0 Å². The second kappa shape index (κ2) is 8.40.